The van der Waals surface area contributed by atoms with Gasteiger partial charge in [-0.2, -0.15) is 0 Å². The van der Waals surface area contributed by atoms with Crippen LogP contribution in [0.25, 0.3) is 22.3 Å². The summed E-state index contributed by atoms with van der Waals surface area (Å²) in [5.74, 6) is 0.825. The number of hydrogen-bond acceptors (Lipinski definition) is 7. The molecule has 1 saturated heterocycles. The van der Waals surface area contributed by atoms with Crippen molar-refractivity contribution in [1.82, 2.24) is 34.7 Å². The molecule has 0 bridgehead atoms. The van der Waals surface area contributed by atoms with E-state index < -0.39 is 11.6 Å². The molecule has 4 heterocycles. The predicted molar refractivity (Wildman–Crippen MR) is 150 cm³/mol. The van der Waals surface area contributed by atoms with Gasteiger partial charge in [-0.15, -0.1) is 0 Å². The second kappa shape index (κ2) is 11.3. The molecule has 0 spiro atoms. The molecular formula is C29H36F2N8. The molecule has 2 atom stereocenters. The number of aryl methyl sites for hydroxylation is 1. The maximum Gasteiger partial charge on any atom is 0.229 e. The third-order valence-electron chi connectivity index (χ3n) is 7.29. The third-order valence-corrected chi connectivity index (χ3v) is 7.29. The van der Waals surface area contributed by atoms with E-state index in [1.807, 2.05) is 51.4 Å². The van der Waals surface area contributed by atoms with Crippen LogP contribution < -0.4 is 10.6 Å². The highest BCUT2D eigenvalue weighted by Gasteiger charge is 2.42. The number of rotatable bonds is 6. The smallest absolute Gasteiger partial charge is 0.229 e. The Kier molecular flexibility index (Phi) is 7.86. The van der Waals surface area contributed by atoms with Crippen LogP contribution in [0.4, 0.5) is 20.5 Å². The zero-order valence-electron chi connectivity index (χ0n) is 23.2. The van der Waals surface area contributed by atoms with Gasteiger partial charge in [0.25, 0.3) is 0 Å². The van der Waals surface area contributed by atoms with Crippen LogP contribution in [-0.2, 0) is 0 Å². The fourth-order valence-corrected chi connectivity index (χ4v) is 5.46. The first-order valence-corrected chi connectivity index (χ1v) is 13.8. The van der Waals surface area contributed by atoms with E-state index in [1.165, 1.54) is 11.6 Å². The van der Waals surface area contributed by atoms with Gasteiger partial charge in [-0.3, -0.25) is 4.90 Å². The molecule has 4 aromatic rings. The van der Waals surface area contributed by atoms with Gasteiger partial charge in [-0.1, -0.05) is 19.9 Å². The molecule has 0 amide bonds. The number of halogens is 2. The number of imidazole rings is 1. The highest BCUT2D eigenvalue weighted by atomic mass is 19.1. The maximum atomic E-state index is 14.9. The van der Waals surface area contributed by atoms with E-state index in [9.17, 15) is 8.78 Å². The highest BCUT2D eigenvalue weighted by Crippen LogP contribution is 2.44. The lowest BCUT2D eigenvalue weighted by molar-refractivity contribution is 0.228. The topological polar surface area (TPSA) is 83.8 Å². The average Bonchev–Trinajstić information content (AvgIpc) is 3.67. The fraction of sp³-hybridized carbons (Fsp3) is 0.448. The predicted octanol–water partition coefficient (Wildman–Crippen LogP) is 5.59. The van der Waals surface area contributed by atoms with E-state index in [-0.39, 0.29) is 23.2 Å². The number of fused-ring (bicyclic) bond motifs is 1. The first-order chi connectivity index (χ1) is 18.9. The summed E-state index contributed by atoms with van der Waals surface area (Å²) in [6.07, 6.45) is 4.14. The average molecular weight is 535 g/mol. The van der Waals surface area contributed by atoms with Crippen LogP contribution in [0.2, 0.25) is 0 Å². The van der Waals surface area contributed by atoms with Crippen LogP contribution in [0, 0.1) is 18.6 Å². The summed E-state index contributed by atoms with van der Waals surface area (Å²) in [5, 5.41) is 6.46. The SMILES string of the molecule is CC.Cc1nc2c(F)cc(-c3nc(Nc4ccc(C5CC5N5CCNCC5)cn4)ncc3F)cc2n1C(C)C. The minimum Gasteiger partial charge on any atom is -0.326 e. The lowest BCUT2D eigenvalue weighted by atomic mass is 10.1. The van der Waals surface area contributed by atoms with Crippen LogP contribution in [0.5, 0.6) is 0 Å². The summed E-state index contributed by atoms with van der Waals surface area (Å²) in [6.45, 7) is 14.1. The van der Waals surface area contributed by atoms with Gasteiger partial charge < -0.3 is 15.2 Å². The second-order valence-electron chi connectivity index (χ2n) is 10.1. The summed E-state index contributed by atoms with van der Waals surface area (Å²) < 4.78 is 31.7. The molecule has 1 aliphatic heterocycles. The van der Waals surface area contributed by atoms with Gasteiger partial charge in [0.1, 0.15) is 22.9 Å². The molecule has 3 aromatic heterocycles. The summed E-state index contributed by atoms with van der Waals surface area (Å²) in [4.78, 5) is 19.9. The van der Waals surface area contributed by atoms with Crippen LogP contribution in [-0.4, -0.2) is 61.6 Å². The van der Waals surface area contributed by atoms with Gasteiger partial charge in [0.2, 0.25) is 5.95 Å². The van der Waals surface area contributed by atoms with Crippen LogP contribution in [0.15, 0.2) is 36.7 Å². The minimum atomic E-state index is -0.632. The molecule has 39 heavy (non-hydrogen) atoms. The largest absolute Gasteiger partial charge is 0.326 e. The molecule has 2 N–H and O–H groups in total. The summed E-state index contributed by atoms with van der Waals surface area (Å²) in [7, 11) is 0. The van der Waals surface area contributed by atoms with Crippen LogP contribution >= 0.6 is 0 Å². The molecule has 1 saturated carbocycles. The Morgan fingerprint density at radius 1 is 1.00 bits per heavy atom. The number of piperazine rings is 1. The van der Waals surface area contributed by atoms with Crippen molar-refractivity contribution in [2.45, 2.75) is 59.0 Å². The van der Waals surface area contributed by atoms with Crippen molar-refractivity contribution < 1.29 is 8.78 Å². The van der Waals surface area contributed by atoms with Crippen molar-refractivity contribution >= 4 is 22.8 Å². The Hall–Kier alpha value is -3.50. The van der Waals surface area contributed by atoms with E-state index >= 15 is 0 Å². The highest BCUT2D eigenvalue weighted by molar-refractivity contribution is 5.83. The molecule has 1 aromatic carbocycles. The van der Waals surface area contributed by atoms with Crippen LogP contribution in [0.3, 0.4) is 0 Å². The maximum absolute atomic E-state index is 14.9. The molecule has 10 heteroatoms. The fourth-order valence-electron chi connectivity index (χ4n) is 5.46. The second-order valence-corrected chi connectivity index (χ2v) is 10.1. The molecule has 8 nitrogen and oxygen atoms in total. The number of pyridine rings is 1. The van der Waals surface area contributed by atoms with Crippen molar-refractivity contribution in [2.75, 3.05) is 31.5 Å². The molecule has 6 rings (SSSR count). The zero-order valence-corrected chi connectivity index (χ0v) is 23.2. The number of nitrogens with zero attached hydrogens (tertiary/aromatic N) is 6. The molecule has 2 aliphatic rings. The van der Waals surface area contributed by atoms with Crippen molar-refractivity contribution in [3.8, 4) is 11.3 Å². The van der Waals surface area contributed by atoms with Crippen molar-refractivity contribution in [3.05, 3.63) is 59.7 Å². The van der Waals surface area contributed by atoms with E-state index in [2.05, 4.69) is 41.5 Å². The first-order valence-electron chi connectivity index (χ1n) is 13.8. The van der Waals surface area contributed by atoms with E-state index in [0.29, 0.717) is 34.7 Å². The lowest BCUT2D eigenvalue weighted by Gasteiger charge is -2.27. The monoisotopic (exact) mass is 534 g/mol. The number of aromatic nitrogens is 5. The van der Waals surface area contributed by atoms with Gasteiger partial charge >= 0.3 is 0 Å². The molecule has 2 unspecified atom stereocenters. The Balaban J connectivity index is 0.00000151. The van der Waals surface area contributed by atoms with Gasteiger partial charge in [0, 0.05) is 55.9 Å². The molecule has 0 radical (unpaired) electrons. The number of nitrogens with one attached hydrogen (secondary N) is 2. The van der Waals surface area contributed by atoms with E-state index in [1.54, 1.807) is 6.07 Å². The Bertz CT molecular complexity index is 1440. The Morgan fingerprint density at radius 3 is 2.46 bits per heavy atom. The van der Waals surface area contributed by atoms with Gasteiger partial charge in [-0.05, 0) is 51.0 Å². The summed E-state index contributed by atoms with van der Waals surface area (Å²) >= 11 is 0. The molecule has 206 valence electrons. The van der Waals surface area contributed by atoms with E-state index in [0.717, 1.165) is 38.8 Å². The zero-order chi connectivity index (χ0) is 27.7. The van der Waals surface area contributed by atoms with Crippen molar-refractivity contribution in [3.63, 3.8) is 0 Å². The van der Waals surface area contributed by atoms with Gasteiger partial charge in [0.05, 0.1) is 11.7 Å². The normalized spacial score (nSPS) is 19.2. The minimum absolute atomic E-state index is 0.0147. The van der Waals surface area contributed by atoms with Crippen molar-refractivity contribution in [1.29, 1.82) is 0 Å². The Labute approximate surface area is 227 Å². The quantitative estimate of drug-likeness (QED) is 0.334. The van der Waals surface area contributed by atoms with Gasteiger partial charge in [0.15, 0.2) is 11.6 Å². The molecule has 1 aliphatic carbocycles. The number of benzene rings is 1. The first kappa shape index (κ1) is 27.1. The van der Waals surface area contributed by atoms with Gasteiger partial charge in [-0.25, -0.2) is 28.7 Å². The Morgan fingerprint density at radius 2 is 1.77 bits per heavy atom. The number of anilines is 2. The van der Waals surface area contributed by atoms with E-state index in [4.69, 9.17) is 0 Å². The molecular weight excluding hydrogens is 498 g/mol. The van der Waals surface area contributed by atoms with Crippen LogP contribution in [0.1, 0.15) is 57.5 Å². The number of hydrogen-bond donors (Lipinski definition) is 2. The standard InChI is InChI=1S/C27H30F2N8.C2H6/c1-15(2)37-16(3)33-26-20(28)10-18(11-23(26)37)25-21(29)14-32-27(35-25)34-24-5-4-17(13-31-24)19-12-22(19)36-8-6-30-7-9-36;1-2/h4-5,10-11,13-15,19,22,30H,6-9,12H2,1-3H3,(H,31,32,34,35);1-2H3. The summed E-state index contributed by atoms with van der Waals surface area (Å²) in [5.41, 5.74) is 2.43. The lowest BCUT2D eigenvalue weighted by Crippen LogP contribution is -2.44. The molecule has 2 fully saturated rings. The van der Waals surface area contributed by atoms with Crippen molar-refractivity contribution in [2.24, 2.45) is 0 Å². The third kappa shape index (κ3) is 5.49. The summed E-state index contributed by atoms with van der Waals surface area (Å²) in [6, 6.07) is 7.64.